The minimum atomic E-state index is -4.32. The molecule has 1 N–H and O–H groups in total. The Morgan fingerprint density at radius 1 is 1.10 bits per heavy atom. The van der Waals surface area contributed by atoms with Gasteiger partial charge in [0.15, 0.2) is 0 Å². The van der Waals surface area contributed by atoms with Gasteiger partial charge < -0.3 is 5.32 Å². The fourth-order valence-corrected chi connectivity index (χ4v) is 4.66. The van der Waals surface area contributed by atoms with E-state index in [1.807, 2.05) is 12.1 Å². The summed E-state index contributed by atoms with van der Waals surface area (Å²) in [5, 5.41) is 3.18. The van der Waals surface area contributed by atoms with Crippen LogP contribution in [0.3, 0.4) is 0 Å². The van der Waals surface area contributed by atoms with E-state index in [9.17, 15) is 18.0 Å². The molecule has 1 saturated heterocycles. The number of piperidine rings is 1. The van der Waals surface area contributed by atoms with Gasteiger partial charge in [-0.15, -0.1) is 0 Å². The van der Waals surface area contributed by atoms with E-state index in [0.29, 0.717) is 18.0 Å². The molecule has 30 heavy (non-hydrogen) atoms. The van der Waals surface area contributed by atoms with Crippen molar-refractivity contribution in [3.05, 3.63) is 69.7 Å². The van der Waals surface area contributed by atoms with E-state index in [-0.39, 0.29) is 17.9 Å². The molecule has 0 radical (unpaired) electrons. The van der Waals surface area contributed by atoms with Gasteiger partial charge in [-0.05, 0) is 54.5 Å². The maximum absolute atomic E-state index is 12.9. The van der Waals surface area contributed by atoms with Crippen molar-refractivity contribution in [2.45, 2.75) is 43.9 Å². The van der Waals surface area contributed by atoms with Crippen LogP contribution < -0.4 is 5.32 Å². The lowest BCUT2D eigenvalue weighted by Gasteiger charge is -2.32. The van der Waals surface area contributed by atoms with E-state index in [1.165, 1.54) is 17.7 Å². The quantitative estimate of drug-likeness (QED) is 0.625. The first kappa shape index (κ1) is 21.4. The number of carbonyl (C=O) groups is 1. The lowest BCUT2D eigenvalue weighted by atomic mass is 10.0. The standard InChI is InChI=1S/C23H24BrF3N2O/c24-18-6-2-4-16(12-18)20-13-21(20)22(30)28-19-7-9-29(10-8-19)14-15-3-1-5-17(11-15)23(25,26)27/h1-6,11-12,19-21H,7-10,13-14H2,(H,28,30). The normalized spacial score (nSPS) is 22.7. The van der Waals surface area contributed by atoms with Crippen LogP contribution in [0.25, 0.3) is 0 Å². The van der Waals surface area contributed by atoms with Crippen molar-refractivity contribution in [1.29, 1.82) is 0 Å². The average molecular weight is 481 g/mol. The van der Waals surface area contributed by atoms with Crippen LogP contribution >= 0.6 is 15.9 Å². The van der Waals surface area contributed by atoms with Crippen molar-refractivity contribution in [3.63, 3.8) is 0 Å². The van der Waals surface area contributed by atoms with Gasteiger partial charge in [0, 0.05) is 36.1 Å². The molecule has 1 aliphatic carbocycles. The van der Waals surface area contributed by atoms with Crippen LogP contribution in [0.5, 0.6) is 0 Å². The highest BCUT2D eigenvalue weighted by Gasteiger charge is 2.44. The molecule has 2 aliphatic rings. The zero-order chi connectivity index (χ0) is 21.3. The molecule has 2 aromatic rings. The summed E-state index contributed by atoms with van der Waals surface area (Å²) >= 11 is 3.48. The molecule has 0 spiro atoms. The second kappa shape index (κ2) is 8.71. The summed E-state index contributed by atoms with van der Waals surface area (Å²) in [6.07, 6.45) is -1.79. The molecule has 2 unspecified atom stereocenters. The molecule has 4 rings (SSSR count). The number of rotatable bonds is 5. The lowest BCUT2D eigenvalue weighted by Crippen LogP contribution is -2.44. The first-order valence-corrected chi connectivity index (χ1v) is 11.0. The number of hydrogen-bond donors (Lipinski definition) is 1. The molecule has 1 heterocycles. The number of amides is 1. The van der Waals surface area contributed by atoms with Crippen LogP contribution in [-0.4, -0.2) is 29.9 Å². The van der Waals surface area contributed by atoms with E-state index in [0.717, 1.165) is 42.9 Å². The number of likely N-dealkylation sites (tertiary alicyclic amines) is 1. The van der Waals surface area contributed by atoms with Crippen LogP contribution in [0.1, 0.15) is 41.9 Å². The van der Waals surface area contributed by atoms with Gasteiger partial charge >= 0.3 is 6.18 Å². The highest BCUT2D eigenvalue weighted by molar-refractivity contribution is 9.10. The van der Waals surface area contributed by atoms with E-state index < -0.39 is 11.7 Å². The predicted molar refractivity (Wildman–Crippen MR) is 113 cm³/mol. The van der Waals surface area contributed by atoms with Crippen molar-refractivity contribution in [2.24, 2.45) is 5.92 Å². The molecule has 1 amide bonds. The van der Waals surface area contributed by atoms with Crippen LogP contribution in [0.4, 0.5) is 13.2 Å². The number of alkyl halides is 3. The molecule has 160 valence electrons. The molecule has 0 bridgehead atoms. The maximum Gasteiger partial charge on any atom is 0.416 e. The molecular weight excluding hydrogens is 457 g/mol. The summed E-state index contributed by atoms with van der Waals surface area (Å²) in [7, 11) is 0. The molecule has 1 aliphatic heterocycles. The fraction of sp³-hybridized carbons (Fsp3) is 0.435. The second-order valence-electron chi connectivity index (χ2n) is 8.26. The third kappa shape index (κ3) is 5.24. The molecule has 2 fully saturated rings. The zero-order valence-electron chi connectivity index (χ0n) is 16.5. The topological polar surface area (TPSA) is 32.3 Å². The number of benzene rings is 2. The summed E-state index contributed by atoms with van der Waals surface area (Å²) in [5.74, 6) is 0.460. The Hall–Kier alpha value is -1.86. The summed E-state index contributed by atoms with van der Waals surface area (Å²) in [6, 6.07) is 13.8. The van der Waals surface area contributed by atoms with E-state index in [4.69, 9.17) is 0 Å². The summed E-state index contributed by atoms with van der Waals surface area (Å²) in [4.78, 5) is 14.8. The van der Waals surface area contributed by atoms with Crippen LogP contribution in [0.15, 0.2) is 53.0 Å². The van der Waals surface area contributed by atoms with Gasteiger partial charge in [0.2, 0.25) is 5.91 Å². The van der Waals surface area contributed by atoms with Crippen LogP contribution in [-0.2, 0) is 17.5 Å². The van der Waals surface area contributed by atoms with Gasteiger partial charge in [-0.1, -0.05) is 46.3 Å². The Kier molecular flexibility index (Phi) is 6.21. The van der Waals surface area contributed by atoms with Crippen LogP contribution in [0, 0.1) is 5.92 Å². The SMILES string of the molecule is O=C(NC1CCN(Cc2cccc(C(F)(F)F)c2)CC1)C1CC1c1cccc(Br)c1. The van der Waals surface area contributed by atoms with Crippen molar-refractivity contribution >= 4 is 21.8 Å². The van der Waals surface area contributed by atoms with E-state index >= 15 is 0 Å². The van der Waals surface area contributed by atoms with Gasteiger partial charge in [0.05, 0.1) is 5.56 Å². The van der Waals surface area contributed by atoms with Crippen molar-refractivity contribution in [1.82, 2.24) is 10.2 Å². The summed E-state index contributed by atoms with van der Waals surface area (Å²) < 4.78 is 39.7. The molecule has 0 aromatic heterocycles. The average Bonchev–Trinajstić information content (AvgIpc) is 3.50. The van der Waals surface area contributed by atoms with Gasteiger partial charge in [0.25, 0.3) is 0 Å². The maximum atomic E-state index is 12.9. The number of nitrogens with zero attached hydrogens (tertiary/aromatic N) is 1. The van der Waals surface area contributed by atoms with Gasteiger partial charge in [-0.2, -0.15) is 13.2 Å². The molecule has 2 atom stereocenters. The van der Waals surface area contributed by atoms with Crippen molar-refractivity contribution in [2.75, 3.05) is 13.1 Å². The fourth-order valence-electron chi connectivity index (χ4n) is 4.24. The number of hydrogen-bond acceptors (Lipinski definition) is 2. The van der Waals surface area contributed by atoms with Gasteiger partial charge in [0.1, 0.15) is 0 Å². The first-order chi connectivity index (χ1) is 14.3. The number of nitrogens with one attached hydrogen (secondary N) is 1. The second-order valence-corrected chi connectivity index (χ2v) is 9.18. The molecule has 3 nitrogen and oxygen atoms in total. The van der Waals surface area contributed by atoms with Crippen LogP contribution in [0.2, 0.25) is 0 Å². The highest BCUT2D eigenvalue weighted by atomic mass is 79.9. The molecule has 1 saturated carbocycles. The predicted octanol–water partition coefficient (Wildman–Crippen LogP) is 5.35. The lowest BCUT2D eigenvalue weighted by molar-refractivity contribution is -0.137. The molecular formula is C23H24BrF3N2O. The minimum absolute atomic E-state index is 0.0439. The summed E-state index contributed by atoms with van der Waals surface area (Å²) in [6.45, 7) is 2.03. The summed E-state index contributed by atoms with van der Waals surface area (Å²) in [5.41, 5.74) is 1.26. The monoisotopic (exact) mass is 480 g/mol. The smallest absolute Gasteiger partial charge is 0.353 e. The van der Waals surface area contributed by atoms with E-state index in [2.05, 4.69) is 38.3 Å². The Labute approximate surface area is 182 Å². The number of carbonyl (C=O) groups excluding carboxylic acids is 1. The first-order valence-electron chi connectivity index (χ1n) is 10.2. The van der Waals surface area contributed by atoms with Gasteiger partial charge in [-0.3, -0.25) is 9.69 Å². The highest BCUT2D eigenvalue weighted by Crippen LogP contribution is 2.48. The molecule has 2 aromatic carbocycles. The number of halogens is 4. The zero-order valence-corrected chi connectivity index (χ0v) is 18.0. The van der Waals surface area contributed by atoms with Crippen molar-refractivity contribution < 1.29 is 18.0 Å². The Balaban J connectivity index is 1.24. The van der Waals surface area contributed by atoms with Gasteiger partial charge in [-0.25, -0.2) is 0 Å². The Bertz CT molecular complexity index is 909. The minimum Gasteiger partial charge on any atom is -0.353 e. The largest absolute Gasteiger partial charge is 0.416 e. The van der Waals surface area contributed by atoms with Crippen molar-refractivity contribution in [3.8, 4) is 0 Å². The van der Waals surface area contributed by atoms with E-state index in [1.54, 1.807) is 6.07 Å². The third-order valence-corrected chi connectivity index (χ3v) is 6.49. The Morgan fingerprint density at radius 3 is 2.53 bits per heavy atom. The molecule has 7 heteroatoms. The third-order valence-electron chi connectivity index (χ3n) is 6.00. The Morgan fingerprint density at radius 2 is 1.83 bits per heavy atom.